The molecule has 1 aromatic carbocycles. The van der Waals surface area contributed by atoms with Gasteiger partial charge in [0.25, 0.3) is 5.91 Å². The molecule has 0 aromatic heterocycles. The van der Waals surface area contributed by atoms with Gasteiger partial charge in [-0.25, -0.2) is 0 Å². The molecule has 21 heavy (non-hydrogen) atoms. The molecule has 1 rings (SSSR count). The fraction of sp³-hybridized carbons (Fsp3) is 0.588. The van der Waals surface area contributed by atoms with Crippen LogP contribution in [0.15, 0.2) is 24.3 Å². The van der Waals surface area contributed by atoms with Crippen LogP contribution in [-0.4, -0.2) is 12.5 Å². The highest BCUT2D eigenvalue weighted by Crippen LogP contribution is 2.09. The minimum atomic E-state index is -0.0125. The molecule has 0 saturated heterocycles. The van der Waals surface area contributed by atoms with E-state index in [0.717, 1.165) is 18.7 Å². The van der Waals surface area contributed by atoms with Crippen LogP contribution in [0.2, 0.25) is 0 Å². The van der Waals surface area contributed by atoms with Crippen molar-refractivity contribution in [3.63, 3.8) is 0 Å². The van der Waals surface area contributed by atoms with E-state index in [4.69, 9.17) is 5.84 Å². The summed E-state index contributed by atoms with van der Waals surface area (Å²) in [5.74, 6) is 5.28. The summed E-state index contributed by atoms with van der Waals surface area (Å²) in [6.45, 7) is 2.99. The molecule has 0 aliphatic rings. The molecule has 0 aliphatic heterocycles. The third-order valence-corrected chi connectivity index (χ3v) is 3.63. The maximum atomic E-state index is 11.9. The number of nitrogen functional groups attached to an aromatic ring is 1. The molecule has 118 valence electrons. The van der Waals surface area contributed by atoms with Crippen LogP contribution >= 0.6 is 0 Å². The lowest BCUT2D eigenvalue weighted by atomic mass is 10.1. The molecule has 0 unspecified atom stereocenters. The largest absolute Gasteiger partial charge is 0.352 e. The number of unbranched alkanes of at least 4 members (excludes halogenated alkanes) is 7. The van der Waals surface area contributed by atoms with Gasteiger partial charge in [0, 0.05) is 17.8 Å². The molecule has 0 spiro atoms. The monoisotopic (exact) mass is 291 g/mol. The lowest BCUT2D eigenvalue weighted by molar-refractivity contribution is 0.0953. The molecule has 0 saturated carbocycles. The molecule has 0 bridgehead atoms. The highest BCUT2D eigenvalue weighted by Gasteiger charge is 2.03. The van der Waals surface area contributed by atoms with Gasteiger partial charge in [0.1, 0.15) is 0 Å². The van der Waals surface area contributed by atoms with E-state index < -0.39 is 0 Å². The van der Waals surface area contributed by atoms with Crippen molar-refractivity contribution >= 4 is 11.6 Å². The van der Waals surface area contributed by atoms with Gasteiger partial charge < -0.3 is 10.7 Å². The average Bonchev–Trinajstić information content (AvgIpc) is 2.53. The van der Waals surface area contributed by atoms with Crippen LogP contribution in [0.1, 0.15) is 68.6 Å². The SMILES string of the molecule is CCCCCCCCCCNC(=O)c1ccc(NN)cc1. The fourth-order valence-electron chi connectivity index (χ4n) is 2.28. The average molecular weight is 291 g/mol. The zero-order valence-electron chi connectivity index (χ0n) is 13.2. The van der Waals surface area contributed by atoms with Gasteiger partial charge in [-0.15, -0.1) is 0 Å². The topological polar surface area (TPSA) is 67.2 Å². The number of hydrogen-bond donors (Lipinski definition) is 3. The standard InChI is InChI=1S/C17H29N3O/c1-2-3-4-5-6-7-8-9-14-19-17(21)15-10-12-16(20-18)13-11-15/h10-13,20H,2-9,14,18H2,1H3,(H,19,21). The first-order valence-electron chi connectivity index (χ1n) is 8.12. The second kappa shape index (κ2) is 11.1. The van der Waals surface area contributed by atoms with Crippen molar-refractivity contribution in [1.29, 1.82) is 0 Å². The van der Waals surface area contributed by atoms with Crippen molar-refractivity contribution in [3.05, 3.63) is 29.8 Å². The van der Waals surface area contributed by atoms with Crippen LogP contribution in [0.25, 0.3) is 0 Å². The smallest absolute Gasteiger partial charge is 0.251 e. The first-order valence-corrected chi connectivity index (χ1v) is 8.12. The van der Waals surface area contributed by atoms with E-state index in [0.29, 0.717) is 5.56 Å². The highest BCUT2D eigenvalue weighted by molar-refractivity contribution is 5.94. The Morgan fingerprint density at radius 1 is 0.952 bits per heavy atom. The van der Waals surface area contributed by atoms with Crippen LogP contribution < -0.4 is 16.6 Å². The Balaban J connectivity index is 2.05. The molecule has 1 aromatic rings. The molecule has 4 nitrogen and oxygen atoms in total. The van der Waals surface area contributed by atoms with Gasteiger partial charge in [0.15, 0.2) is 0 Å². The van der Waals surface area contributed by atoms with Gasteiger partial charge in [-0.05, 0) is 30.7 Å². The number of rotatable bonds is 11. The summed E-state index contributed by atoms with van der Waals surface area (Å²) in [6.07, 6.45) is 10.2. The fourth-order valence-corrected chi connectivity index (χ4v) is 2.28. The highest BCUT2D eigenvalue weighted by atomic mass is 16.1. The van der Waals surface area contributed by atoms with E-state index in [1.54, 1.807) is 24.3 Å². The van der Waals surface area contributed by atoms with E-state index in [1.807, 2.05) is 0 Å². The van der Waals surface area contributed by atoms with Crippen LogP contribution in [0.4, 0.5) is 5.69 Å². The Labute approximate surface area is 128 Å². The second-order valence-electron chi connectivity index (χ2n) is 5.45. The van der Waals surface area contributed by atoms with Crippen molar-refractivity contribution in [2.75, 3.05) is 12.0 Å². The third kappa shape index (κ3) is 7.71. The molecule has 0 fully saturated rings. The van der Waals surface area contributed by atoms with E-state index in [-0.39, 0.29) is 5.91 Å². The van der Waals surface area contributed by atoms with Gasteiger partial charge in [0.2, 0.25) is 0 Å². The number of hydrogen-bond acceptors (Lipinski definition) is 3. The van der Waals surface area contributed by atoms with Crippen molar-refractivity contribution in [2.24, 2.45) is 5.84 Å². The van der Waals surface area contributed by atoms with E-state index >= 15 is 0 Å². The molecule has 0 aliphatic carbocycles. The molecule has 0 heterocycles. The third-order valence-electron chi connectivity index (χ3n) is 3.63. The summed E-state index contributed by atoms with van der Waals surface area (Å²) in [7, 11) is 0. The summed E-state index contributed by atoms with van der Waals surface area (Å²) in [6, 6.07) is 7.15. The molecule has 4 heteroatoms. The van der Waals surface area contributed by atoms with Crippen molar-refractivity contribution < 1.29 is 4.79 Å². The predicted octanol–water partition coefficient (Wildman–Crippen LogP) is 3.84. The van der Waals surface area contributed by atoms with E-state index in [2.05, 4.69) is 17.7 Å². The number of carbonyl (C=O) groups excluding carboxylic acids is 1. The van der Waals surface area contributed by atoms with Crippen LogP contribution in [0, 0.1) is 0 Å². The molecular weight excluding hydrogens is 262 g/mol. The molecule has 0 atom stereocenters. The van der Waals surface area contributed by atoms with Crippen LogP contribution in [0.3, 0.4) is 0 Å². The zero-order valence-corrected chi connectivity index (χ0v) is 13.2. The maximum absolute atomic E-state index is 11.9. The van der Waals surface area contributed by atoms with E-state index in [9.17, 15) is 4.79 Å². The normalized spacial score (nSPS) is 10.4. The molecular formula is C17H29N3O. The summed E-state index contributed by atoms with van der Waals surface area (Å²) in [4.78, 5) is 11.9. The number of hydrazine groups is 1. The number of amides is 1. The van der Waals surface area contributed by atoms with Crippen molar-refractivity contribution in [3.8, 4) is 0 Å². The first-order chi connectivity index (χ1) is 10.3. The minimum absolute atomic E-state index is 0.0125. The number of benzene rings is 1. The number of nitrogens with one attached hydrogen (secondary N) is 2. The van der Waals surface area contributed by atoms with Crippen molar-refractivity contribution in [1.82, 2.24) is 5.32 Å². The predicted molar refractivity (Wildman–Crippen MR) is 89.2 cm³/mol. The van der Waals surface area contributed by atoms with Crippen molar-refractivity contribution in [2.45, 2.75) is 58.3 Å². The van der Waals surface area contributed by atoms with Gasteiger partial charge >= 0.3 is 0 Å². The Morgan fingerprint density at radius 3 is 2.10 bits per heavy atom. The number of anilines is 1. The maximum Gasteiger partial charge on any atom is 0.251 e. The Kier molecular flexibility index (Phi) is 9.29. The zero-order chi connectivity index (χ0) is 15.3. The summed E-state index contributed by atoms with van der Waals surface area (Å²) < 4.78 is 0. The Morgan fingerprint density at radius 2 is 1.52 bits per heavy atom. The lowest BCUT2D eigenvalue weighted by Gasteiger charge is -2.06. The summed E-state index contributed by atoms with van der Waals surface area (Å²) >= 11 is 0. The minimum Gasteiger partial charge on any atom is -0.352 e. The first kappa shape index (κ1) is 17.5. The van der Waals surface area contributed by atoms with Crippen LogP contribution in [-0.2, 0) is 0 Å². The number of nitrogens with two attached hydrogens (primary N) is 1. The molecule has 0 radical (unpaired) electrons. The van der Waals surface area contributed by atoms with Crippen LogP contribution in [0.5, 0.6) is 0 Å². The Bertz CT molecular complexity index is 390. The van der Waals surface area contributed by atoms with E-state index in [1.165, 1.54) is 44.9 Å². The number of carbonyl (C=O) groups is 1. The van der Waals surface area contributed by atoms with Gasteiger partial charge in [0.05, 0.1) is 0 Å². The second-order valence-corrected chi connectivity index (χ2v) is 5.45. The molecule has 4 N–H and O–H groups in total. The van der Waals surface area contributed by atoms with Gasteiger partial charge in [-0.2, -0.15) is 0 Å². The lowest BCUT2D eigenvalue weighted by Crippen LogP contribution is -2.24. The molecule has 1 amide bonds. The summed E-state index contributed by atoms with van der Waals surface area (Å²) in [5.41, 5.74) is 4.02. The summed E-state index contributed by atoms with van der Waals surface area (Å²) in [5, 5.41) is 2.96. The quantitative estimate of drug-likeness (QED) is 0.329. The van der Waals surface area contributed by atoms with Gasteiger partial charge in [-0.3, -0.25) is 10.6 Å². The van der Waals surface area contributed by atoms with Gasteiger partial charge in [-0.1, -0.05) is 51.9 Å². The Hall–Kier alpha value is -1.55.